The standard InChI is InChI=1S/C16H24N2O/c1-2-18(12-14-4-3-5-14)16(19)15-8-6-13(7-9-15)10-11-17/h6-9,14H,2-5,10-12,17H2,1H3. The lowest BCUT2D eigenvalue weighted by molar-refractivity contribution is 0.0706. The van der Waals surface area contributed by atoms with Crippen molar-refractivity contribution >= 4 is 5.91 Å². The number of hydrogen-bond donors (Lipinski definition) is 1. The average Bonchev–Trinajstić information content (AvgIpc) is 2.38. The van der Waals surface area contributed by atoms with Crippen molar-refractivity contribution in [2.45, 2.75) is 32.6 Å². The van der Waals surface area contributed by atoms with E-state index in [1.807, 2.05) is 29.2 Å². The van der Waals surface area contributed by atoms with Crippen molar-refractivity contribution in [1.82, 2.24) is 4.90 Å². The highest BCUT2D eigenvalue weighted by Gasteiger charge is 2.23. The van der Waals surface area contributed by atoms with E-state index in [0.717, 1.165) is 31.0 Å². The Morgan fingerprint density at radius 2 is 2.00 bits per heavy atom. The van der Waals surface area contributed by atoms with E-state index in [1.165, 1.54) is 24.8 Å². The summed E-state index contributed by atoms with van der Waals surface area (Å²) in [6.07, 6.45) is 4.75. The fourth-order valence-corrected chi connectivity index (χ4v) is 2.51. The van der Waals surface area contributed by atoms with Gasteiger partial charge in [0.25, 0.3) is 5.91 Å². The Labute approximate surface area is 115 Å². The topological polar surface area (TPSA) is 46.3 Å². The van der Waals surface area contributed by atoms with Gasteiger partial charge in [0, 0.05) is 18.7 Å². The maximum absolute atomic E-state index is 12.4. The quantitative estimate of drug-likeness (QED) is 0.854. The SMILES string of the molecule is CCN(CC1CCC1)C(=O)c1ccc(CCN)cc1. The second-order valence-electron chi connectivity index (χ2n) is 5.38. The normalized spacial score (nSPS) is 15.1. The molecule has 3 nitrogen and oxygen atoms in total. The number of hydrogen-bond acceptors (Lipinski definition) is 2. The van der Waals surface area contributed by atoms with Crippen LogP contribution in [0.15, 0.2) is 24.3 Å². The summed E-state index contributed by atoms with van der Waals surface area (Å²) in [4.78, 5) is 14.4. The monoisotopic (exact) mass is 260 g/mol. The predicted octanol–water partition coefficient (Wildman–Crippen LogP) is 2.45. The average molecular weight is 260 g/mol. The fourth-order valence-electron chi connectivity index (χ4n) is 2.51. The van der Waals surface area contributed by atoms with E-state index < -0.39 is 0 Å². The van der Waals surface area contributed by atoms with Gasteiger partial charge in [-0.1, -0.05) is 18.6 Å². The lowest BCUT2D eigenvalue weighted by atomic mass is 9.85. The molecule has 19 heavy (non-hydrogen) atoms. The molecule has 1 saturated carbocycles. The van der Waals surface area contributed by atoms with E-state index in [4.69, 9.17) is 5.73 Å². The molecule has 0 unspecified atom stereocenters. The minimum atomic E-state index is 0.161. The Bertz CT molecular complexity index is 409. The maximum Gasteiger partial charge on any atom is 0.253 e. The molecule has 0 radical (unpaired) electrons. The molecular weight excluding hydrogens is 236 g/mol. The van der Waals surface area contributed by atoms with Gasteiger partial charge in [0.05, 0.1) is 0 Å². The van der Waals surface area contributed by atoms with E-state index >= 15 is 0 Å². The molecule has 0 bridgehead atoms. The summed E-state index contributed by atoms with van der Waals surface area (Å²) >= 11 is 0. The highest BCUT2D eigenvalue weighted by atomic mass is 16.2. The minimum absolute atomic E-state index is 0.161. The Morgan fingerprint density at radius 3 is 2.47 bits per heavy atom. The van der Waals surface area contributed by atoms with Crippen LogP contribution in [0.5, 0.6) is 0 Å². The van der Waals surface area contributed by atoms with Gasteiger partial charge in [0.1, 0.15) is 0 Å². The molecule has 3 heteroatoms. The molecule has 1 fully saturated rings. The van der Waals surface area contributed by atoms with E-state index in [2.05, 4.69) is 6.92 Å². The summed E-state index contributed by atoms with van der Waals surface area (Å²) in [6.45, 7) is 4.41. The summed E-state index contributed by atoms with van der Waals surface area (Å²) in [5, 5.41) is 0. The number of benzene rings is 1. The Balaban J connectivity index is 1.99. The van der Waals surface area contributed by atoms with E-state index in [9.17, 15) is 4.79 Å². The van der Waals surface area contributed by atoms with Crippen molar-refractivity contribution in [3.63, 3.8) is 0 Å². The highest BCUT2D eigenvalue weighted by Crippen LogP contribution is 2.27. The van der Waals surface area contributed by atoms with Gasteiger partial charge in [-0.05, 0) is 56.3 Å². The molecular formula is C16H24N2O. The van der Waals surface area contributed by atoms with Crippen molar-refractivity contribution in [2.24, 2.45) is 11.7 Å². The van der Waals surface area contributed by atoms with Crippen LogP contribution in [0.2, 0.25) is 0 Å². The van der Waals surface area contributed by atoms with Gasteiger partial charge in [-0.25, -0.2) is 0 Å². The molecule has 0 aromatic heterocycles. The largest absolute Gasteiger partial charge is 0.339 e. The van der Waals surface area contributed by atoms with Crippen LogP contribution in [-0.2, 0) is 6.42 Å². The molecule has 0 saturated heterocycles. The van der Waals surface area contributed by atoms with Crippen LogP contribution in [-0.4, -0.2) is 30.4 Å². The number of amides is 1. The summed E-state index contributed by atoms with van der Waals surface area (Å²) < 4.78 is 0. The Hall–Kier alpha value is -1.35. The molecule has 104 valence electrons. The molecule has 0 heterocycles. The van der Waals surface area contributed by atoms with E-state index in [0.29, 0.717) is 6.54 Å². The van der Waals surface area contributed by atoms with Crippen LogP contribution >= 0.6 is 0 Å². The molecule has 1 aliphatic rings. The first-order valence-electron chi connectivity index (χ1n) is 7.33. The predicted molar refractivity (Wildman–Crippen MR) is 78.1 cm³/mol. The number of nitrogens with zero attached hydrogens (tertiary/aromatic N) is 1. The molecule has 2 rings (SSSR count). The van der Waals surface area contributed by atoms with Gasteiger partial charge in [0.15, 0.2) is 0 Å². The van der Waals surface area contributed by atoms with Crippen molar-refractivity contribution in [1.29, 1.82) is 0 Å². The minimum Gasteiger partial charge on any atom is -0.339 e. The van der Waals surface area contributed by atoms with Crippen LogP contribution in [0.4, 0.5) is 0 Å². The number of carbonyl (C=O) groups is 1. The van der Waals surface area contributed by atoms with Gasteiger partial charge in [0.2, 0.25) is 0 Å². The first-order valence-corrected chi connectivity index (χ1v) is 7.33. The summed E-state index contributed by atoms with van der Waals surface area (Å²) in [6, 6.07) is 7.88. The zero-order valence-corrected chi connectivity index (χ0v) is 11.8. The van der Waals surface area contributed by atoms with Crippen LogP contribution in [0, 0.1) is 5.92 Å². The van der Waals surface area contributed by atoms with E-state index in [-0.39, 0.29) is 5.91 Å². The lowest BCUT2D eigenvalue weighted by Gasteiger charge is -2.31. The van der Waals surface area contributed by atoms with Crippen molar-refractivity contribution < 1.29 is 4.79 Å². The first-order chi connectivity index (χ1) is 9.24. The van der Waals surface area contributed by atoms with E-state index in [1.54, 1.807) is 0 Å². The van der Waals surface area contributed by atoms with Gasteiger partial charge < -0.3 is 10.6 Å². The van der Waals surface area contributed by atoms with Crippen molar-refractivity contribution in [3.8, 4) is 0 Å². The molecule has 0 aliphatic heterocycles. The molecule has 1 aromatic rings. The molecule has 1 aromatic carbocycles. The summed E-state index contributed by atoms with van der Waals surface area (Å²) in [5.41, 5.74) is 7.52. The third kappa shape index (κ3) is 3.57. The molecule has 1 aliphatic carbocycles. The molecule has 2 N–H and O–H groups in total. The van der Waals surface area contributed by atoms with Crippen molar-refractivity contribution in [3.05, 3.63) is 35.4 Å². The Morgan fingerprint density at radius 1 is 1.32 bits per heavy atom. The third-order valence-electron chi connectivity index (χ3n) is 4.01. The summed E-state index contributed by atoms with van der Waals surface area (Å²) in [5.74, 6) is 0.883. The number of rotatable bonds is 6. The van der Waals surface area contributed by atoms with Gasteiger partial charge >= 0.3 is 0 Å². The molecule has 0 atom stereocenters. The Kier molecular flexibility index (Phi) is 4.97. The summed E-state index contributed by atoms with van der Waals surface area (Å²) in [7, 11) is 0. The zero-order valence-electron chi connectivity index (χ0n) is 11.8. The van der Waals surface area contributed by atoms with Crippen LogP contribution < -0.4 is 5.73 Å². The van der Waals surface area contributed by atoms with Crippen LogP contribution in [0.3, 0.4) is 0 Å². The fraction of sp³-hybridized carbons (Fsp3) is 0.562. The maximum atomic E-state index is 12.4. The number of nitrogens with two attached hydrogens (primary N) is 1. The van der Waals surface area contributed by atoms with Gasteiger partial charge in [-0.2, -0.15) is 0 Å². The molecule has 0 spiro atoms. The van der Waals surface area contributed by atoms with Gasteiger partial charge in [-0.15, -0.1) is 0 Å². The van der Waals surface area contributed by atoms with Gasteiger partial charge in [-0.3, -0.25) is 4.79 Å². The van der Waals surface area contributed by atoms with Crippen molar-refractivity contribution in [2.75, 3.05) is 19.6 Å². The number of carbonyl (C=O) groups excluding carboxylic acids is 1. The third-order valence-corrected chi connectivity index (χ3v) is 4.01. The van der Waals surface area contributed by atoms with Crippen LogP contribution in [0.25, 0.3) is 0 Å². The van der Waals surface area contributed by atoms with Crippen LogP contribution in [0.1, 0.15) is 42.1 Å². The molecule has 1 amide bonds. The lowest BCUT2D eigenvalue weighted by Crippen LogP contribution is -2.37. The highest BCUT2D eigenvalue weighted by molar-refractivity contribution is 5.94. The second-order valence-corrected chi connectivity index (χ2v) is 5.38. The first kappa shape index (κ1) is 14.1. The smallest absolute Gasteiger partial charge is 0.253 e. The zero-order chi connectivity index (χ0) is 13.7. The second kappa shape index (κ2) is 6.71.